The molecule has 0 amide bonds. The van der Waals surface area contributed by atoms with Crippen LogP contribution in [0, 0.1) is 11.3 Å². The van der Waals surface area contributed by atoms with Gasteiger partial charge in [-0.1, -0.05) is 36.4 Å². The molecule has 0 N–H and O–H groups in total. The molecule has 3 aromatic rings. The third-order valence-electron chi connectivity index (χ3n) is 6.25. The van der Waals surface area contributed by atoms with Crippen LogP contribution in [0.2, 0.25) is 0 Å². The molecule has 0 bridgehead atoms. The van der Waals surface area contributed by atoms with Crippen LogP contribution in [0.5, 0.6) is 0 Å². The van der Waals surface area contributed by atoms with E-state index >= 15 is 0 Å². The van der Waals surface area contributed by atoms with Gasteiger partial charge < -0.3 is 14.5 Å². The first kappa shape index (κ1) is 18.2. The Hall–Kier alpha value is -2.87. The summed E-state index contributed by atoms with van der Waals surface area (Å²) in [6.45, 7) is 5.42. The van der Waals surface area contributed by atoms with Crippen molar-refractivity contribution in [3.63, 3.8) is 0 Å². The number of ether oxygens (including phenoxy) is 1. The first-order valence-corrected chi connectivity index (χ1v) is 10.3. The average Bonchev–Trinajstić information content (AvgIpc) is 2.77. The van der Waals surface area contributed by atoms with E-state index in [0.717, 1.165) is 55.7 Å². The molecule has 29 heavy (non-hydrogen) atoms. The number of nitrogens with zero attached hydrogens (tertiary/aromatic N) is 3. The topological polar surface area (TPSA) is 39.5 Å². The number of benzene rings is 3. The molecular weight excluding hydrogens is 358 g/mol. The van der Waals surface area contributed by atoms with Gasteiger partial charge in [0.15, 0.2) is 0 Å². The zero-order valence-corrected chi connectivity index (χ0v) is 16.8. The lowest BCUT2D eigenvalue weighted by Gasteiger charge is -2.35. The molecule has 0 aliphatic carbocycles. The third kappa shape index (κ3) is 3.27. The maximum atomic E-state index is 9.71. The van der Waals surface area contributed by atoms with Gasteiger partial charge in [0.2, 0.25) is 0 Å². The lowest BCUT2D eigenvalue weighted by atomic mass is 9.81. The fourth-order valence-electron chi connectivity index (χ4n) is 4.87. The van der Waals surface area contributed by atoms with Gasteiger partial charge in [-0.15, -0.1) is 0 Å². The predicted octanol–water partition coefficient (Wildman–Crippen LogP) is 4.13. The van der Waals surface area contributed by atoms with Crippen molar-refractivity contribution in [2.24, 2.45) is 0 Å². The summed E-state index contributed by atoms with van der Waals surface area (Å²) in [4.78, 5) is 4.81. The summed E-state index contributed by atoms with van der Waals surface area (Å²) >= 11 is 0. The number of morpholine rings is 1. The van der Waals surface area contributed by atoms with E-state index in [1.807, 2.05) is 12.1 Å². The highest BCUT2D eigenvalue weighted by Crippen LogP contribution is 2.38. The highest BCUT2D eigenvalue weighted by Gasteiger charge is 2.27. The Morgan fingerprint density at radius 3 is 2.59 bits per heavy atom. The number of nitriles is 1. The van der Waals surface area contributed by atoms with Crippen molar-refractivity contribution in [3.8, 4) is 6.07 Å². The number of hydrogen-bond donors (Lipinski definition) is 0. The Bertz CT molecular complexity index is 1090. The van der Waals surface area contributed by atoms with Gasteiger partial charge >= 0.3 is 0 Å². The average molecular weight is 383 g/mol. The minimum Gasteiger partial charge on any atom is -0.378 e. The van der Waals surface area contributed by atoms with Crippen LogP contribution in [0.4, 0.5) is 5.69 Å². The summed E-state index contributed by atoms with van der Waals surface area (Å²) in [5, 5.41) is 11.9. The second-order valence-corrected chi connectivity index (χ2v) is 8.09. The normalized spacial score (nSPS) is 19.7. The first-order chi connectivity index (χ1) is 14.2. The van der Waals surface area contributed by atoms with Gasteiger partial charge in [-0.2, -0.15) is 5.26 Å². The van der Waals surface area contributed by atoms with Crippen LogP contribution in [0.25, 0.3) is 10.8 Å². The van der Waals surface area contributed by atoms with Gasteiger partial charge in [-0.3, -0.25) is 0 Å². The predicted molar refractivity (Wildman–Crippen MR) is 116 cm³/mol. The molecule has 0 aromatic heterocycles. The molecule has 1 saturated heterocycles. The summed E-state index contributed by atoms with van der Waals surface area (Å²) in [6, 6.07) is 21.8. The lowest BCUT2D eigenvalue weighted by molar-refractivity contribution is 0.122. The van der Waals surface area contributed by atoms with Crippen LogP contribution in [0.3, 0.4) is 0 Å². The van der Waals surface area contributed by atoms with E-state index in [2.05, 4.69) is 65.4 Å². The number of rotatable bonds is 2. The van der Waals surface area contributed by atoms with Crippen LogP contribution >= 0.6 is 0 Å². The van der Waals surface area contributed by atoms with Gasteiger partial charge in [0.1, 0.15) is 0 Å². The maximum absolute atomic E-state index is 9.71. The number of anilines is 1. The van der Waals surface area contributed by atoms with E-state index in [0.29, 0.717) is 0 Å². The molecule has 0 radical (unpaired) electrons. The second kappa shape index (κ2) is 7.51. The minimum atomic E-state index is 0.265. The zero-order valence-electron chi connectivity index (χ0n) is 16.8. The van der Waals surface area contributed by atoms with E-state index < -0.39 is 0 Å². The fraction of sp³-hybridized carbons (Fsp3) is 0.320. The van der Waals surface area contributed by atoms with Crippen LogP contribution in [0.1, 0.15) is 28.2 Å². The Morgan fingerprint density at radius 1 is 1.00 bits per heavy atom. The lowest BCUT2D eigenvalue weighted by Crippen LogP contribution is -2.37. The van der Waals surface area contributed by atoms with Crippen molar-refractivity contribution in [2.75, 3.05) is 44.8 Å². The summed E-state index contributed by atoms with van der Waals surface area (Å²) in [5.41, 5.74) is 6.08. The molecule has 3 aromatic carbocycles. The van der Waals surface area contributed by atoms with E-state index in [4.69, 9.17) is 4.74 Å². The Labute approximate surface area is 171 Å². The Kier molecular flexibility index (Phi) is 4.71. The van der Waals surface area contributed by atoms with Gasteiger partial charge in [0.05, 0.1) is 24.8 Å². The van der Waals surface area contributed by atoms with Crippen molar-refractivity contribution in [2.45, 2.75) is 12.5 Å². The molecule has 0 spiro atoms. The standard InChI is InChI=1S/C25H25N3O/c1-27-16-20-14-21(28-10-12-29-13-11-28)8-9-22(20)24(17-27)23-7-3-5-18-4-2-6-19(15-26)25(18)23/h2-9,14,24H,10-13,16-17H2,1H3. The van der Waals surface area contributed by atoms with Crippen molar-refractivity contribution in [1.29, 1.82) is 5.26 Å². The summed E-state index contributed by atoms with van der Waals surface area (Å²) in [7, 11) is 2.19. The SMILES string of the molecule is CN1Cc2cc(N3CCOCC3)ccc2C(c2cccc3cccc(C#N)c23)C1. The van der Waals surface area contributed by atoms with E-state index in [1.54, 1.807) is 0 Å². The van der Waals surface area contributed by atoms with Gasteiger partial charge in [-0.05, 0) is 47.3 Å². The number of hydrogen-bond acceptors (Lipinski definition) is 4. The highest BCUT2D eigenvalue weighted by molar-refractivity contribution is 5.91. The Balaban J connectivity index is 1.62. The van der Waals surface area contributed by atoms with Gasteiger partial charge in [0.25, 0.3) is 0 Å². The molecule has 1 atom stereocenters. The largest absolute Gasteiger partial charge is 0.378 e. The van der Waals surface area contributed by atoms with Gasteiger partial charge in [-0.25, -0.2) is 0 Å². The summed E-state index contributed by atoms with van der Waals surface area (Å²) in [5.74, 6) is 0.265. The molecule has 146 valence electrons. The second-order valence-electron chi connectivity index (χ2n) is 8.09. The molecule has 5 rings (SSSR count). The molecular formula is C25H25N3O. The minimum absolute atomic E-state index is 0.265. The molecule has 1 fully saturated rings. The quantitative estimate of drug-likeness (QED) is 0.667. The fourth-order valence-corrected chi connectivity index (χ4v) is 4.87. The summed E-state index contributed by atoms with van der Waals surface area (Å²) in [6.07, 6.45) is 0. The monoisotopic (exact) mass is 383 g/mol. The van der Waals surface area contributed by atoms with E-state index in [9.17, 15) is 5.26 Å². The van der Waals surface area contributed by atoms with Crippen molar-refractivity contribution < 1.29 is 4.74 Å². The van der Waals surface area contributed by atoms with Crippen molar-refractivity contribution in [1.82, 2.24) is 4.90 Å². The molecule has 2 heterocycles. The first-order valence-electron chi connectivity index (χ1n) is 10.3. The Morgan fingerprint density at radius 2 is 1.79 bits per heavy atom. The van der Waals surface area contributed by atoms with Crippen LogP contribution in [-0.2, 0) is 11.3 Å². The molecule has 2 aliphatic rings. The van der Waals surface area contributed by atoms with E-state index in [1.165, 1.54) is 22.4 Å². The van der Waals surface area contributed by atoms with Crippen molar-refractivity contribution in [3.05, 3.63) is 76.9 Å². The molecule has 2 aliphatic heterocycles. The van der Waals surface area contributed by atoms with E-state index in [-0.39, 0.29) is 5.92 Å². The molecule has 1 unspecified atom stereocenters. The van der Waals surface area contributed by atoms with Crippen LogP contribution < -0.4 is 4.90 Å². The zero-order chi connectivity index (χ0) is 19.8. The van der Waals surface area contributed by atoms with Crippen LogP contribution in [0.15, 0.2) is 54.6 Å². The molecule has 0 saturated carbocycles. The smallest absolute Gasteiger partial charge is 0.0998 e. The van der Waals surface area contributed by atoms with Gasteiger partial charge in [0, 0.05) is 43.2 Å². The third-order valence-corrected chi connectivity index (χ3v) is 6.25. The number of likely N-dealkylation sites (N-methyl/N-ethyl adjacent to an activating group) is 1. The summed E-state index contributed by atoms with van der Waals surface area (Å²) < 4.78 is 5.51. The van der Waals surface area contributed by atoms with Crippen molar-refractivity contribution >= 4 is 16.5 Å². The number of fused-ring (bicyclic) bond motifs is 2. The van der Waals surface area contributed by atoms with Crippen LogP contribution in [-0.4, -0.2) is 44.8 Å². The highest BCUT2D eigenvalue weighted by atomic mass is 16.5. The maximum Gasteiger partial charge on any atom is 0.0998 e. The molecule has 4 nitrogen and oxygen atoms in total. The molecule has 4 heteroatoms.